The smallest absolute Gasteiger partial charge is 0.357 e. The maximum Gasteiger partial charge on any atom is 0.417 e. The highest BCUT2D eigenvalue weighted by Crippen LogP contribution is 2.36. The highest BCUT2D eigenvalue weighted by atomic mass is 19.4. The Balaban J connectivity index is 2.64. The van der Waals surface area contributed by atoms with Crippen molar-refractivity contribution in [2.75, 3.05) is 31.4 Å². The minimum Gasteiger partial charge on any atom is -0.357 e. The lowest BCUT2D eigenvalue weighted by Crippen LogP contribution is -2.16. The van der Waals surface area contributed by atoms with Crippen LogP contribution in [0.5, 0.6) is 0 Å². The average molecular weight is 297 g/mol. The summed E-state index contributed by atoms with van der Waals surface area (Å²) in [6.07, 6.45) is -4.47. The Bertz CT molecular complexity index is 640. The minimum absolute atomic E-state index is 0.0222. The van der Waals surface area contributed by atoms with Crippen LogP contribution >= 0.6 is 0 Å². The van der Waals surface area contributed by atoms with Crippen molar-refractivity contribution in [2.45, 2.75) is 6.18 Å². The molecule has 2 aromatic rings. The van der Waals surface area contributed by atoms with Crippen LogP contribution in [0.2, 0.25) is 0 Å². The second-order valence-electron chi connectivity index (χ2n) is 4.47. The topological polar surface area (TPSA) is 53.9 Å². The van der Waals surface area contributed by atoms with E-state index in [2.05, 4.69) is 20.3 Å². The molecule has 2 rings (SSSR count). The van der Waals surface area contributed by atoms with Crippen LogP contribution in [0.3, 0.4) is 0 Å². The van der Waals surface area contributed by atoms with Crippen molar-refractivity contribution < 1.29 is 13.2 Å². The lowest BCUT2D eigenvalue weighted by Gasteiger charge is -2.15. The van der Waals surface area contributed by atoms with Gasteiger partial charge in [-0.25, -0.2) is 0 Å². The molecule has 0 aliphatic carbocycles. The predicted octanol–water partition coefficient (Wildman–Crippen LogP) is 2.67. The number of aromatic nitrogens is 3. The van der Waals surface area contributed by atoms with E-state index in [1.165, 1.54) is 18.2 Å². The van der Waals surface area contributed by atoms with E-state index in [9.17, 15) is 13.2 Å². The summed E-state index contributed by atoms with van der Waals surface area (Å²) in [5, 5.41) is 2.72. The van der Waals surface area contributed by atoms with Gasteiger partial charge in [-0.2, -0.15) is 28.1 Å². The summed E-state index contributed by atoms with van der Waals surface area (Å²) < 4.78 is 39.2. The van der Waals surface area contributed by atoms with E-state index < -0.39 is 11.7 Å². The van der Waals surface area contributed by atoms with Gasteiger partial charge in [-0.3, -0.25) is 0 Å². The van der Waals surface area contributed by atoms with Crippen molar-refractivity contribution in [1.29, 1.82) is 0 Å². The Kier molecular flexibility index (Phi) is 3.97. The van der Waals surface area contributed by atoms with Crippen LogP contribution in [-0.2, 0) is 6.18 Å². The molecule has 1 heterocycles. The number of benzene rings is 1. The molecule has 0 saturated heterocycles. The molecule has 0 bridgehead atoms. The highest BCUT2D eigenvalue weighted by Gasteiger charge is 2.34. The molecule has 5 nitrogen and oxygen atoms in total. The predicted molar refractivity (Wildman–Crippen MR) is 74.1 cm³/mol. The van der Waals surface area contributed by atoms with E-state index in [1.54, 1.807) is 26.0 Å². The summed E-state index contributed by atoms with van der Waals surface area (Å²) >= 11 is 0. The molecule has 0 spiro atoms. The summed E-state index contributed by atoms with van der Waals surface area (Å²) in [4.78, 5) is 13.8. The molecule has 112 valence electrons. The van der Waals surface area contributed by atoms with Gasteiger partial charge in [0.05, 0.1) is 5.56 Å². The van der Waals surface area contributed by atoms with Crippen molar-refractivity contribution in [1.82, 2.24) is 15.0 Å². The Labute approximate surface area is 119 Å². The van der Waals surface area contributed by atoms with Crippen LogP contribution in [0, 0.1) is 0 Å². The normalized spacial score (nSPS) is 11.3. The summed E-state index contributed by atoms with van der Waals surface area (Å²) in [5.41, 5.74) is -0.852. The Morgan fingerprint density at radius 3 is 2.29 bits per heavy atom. The van der Waals surface area contributed by atoms with Crippen molar-refractivity contribution in [2.24, 2.45) is 0 Å². The van der Waals surface area contributed by atoms with E-state index in [1.807, 2.05) is 0 Å². The molecule has 0 saturated carbocycles. The number of hydrogen-bond acceptors (Lipinski definition) is 5. The standard InChI is InChI=1S/C13H14F3N5/c1-17-11-18-10(19-12(20-11)21(2)3)8-6-4-5-7-9(8)13(14,15)16/h4-7H,1-3H3,(H,17,18,19,20). The van der Waals surface area contributed by atoms with Gasteiger partial charge >= 0.3 is 6.18 Å². The number of alkyl halides is 3. The average Bonchev–Trinajstić information content (AvgIpc) is 2.45. The second-order valence-corrected chi connectivity index (χ2v) is 4.47. The molecule has 1 aromatic heterocycles. The zero-order valence-corrected chi connectivity index (χ0v) is 11.7. The fourth-order valence-corrected chi connectivity index (χ4v) is 1.72. The van der Waals surface area contributed by atoms with Crippen molar-refractivity contribution in [3.8, 4) is 11.4 Å². The lowest BCUT2D eigenvalue weighted by molar-refractivity contribution is -0.137. The highest BCUT2D eigenvalue weighted by molar-refractivity contribution is 5.63. The van der Waals surface area contributed by atoms with Crippen molar-refractivity contribution in [3.05, 3.63) is 29.8 Å². The summed E-state index contributed by atoms with van der Waals surface area (Å²) in [6, 6.07) is 5.20. The molecular weight excluding hydrogens is 283 g/mol. The fraction of sp³-hybridized carbons (Fsp3) is 0.308. The van der Waals surface area contributed by atoms with E-state index in [0.29, 0.717) is 0 Å². The molecule has 1 aromatic carbocycles. The van der Waals surface area contributed by atoms with Crippen LogP contribution < -0.4 is 10.2 Å². The Morgan fingerprint density at radius 2 is 1.71 bits per heavy atom. The number of rotatable bonds is 3. The zero-order valence-electron chi connectivity index (χ0n) is 11.7. The molecular formula is C13H14F3N5. The van der Waals surface area contributed by atoms with Crippen LogP contribution in [0.1, 0.15) is 5.56 Å². The molecule has 1 N–H and O–H groups in total. The fourth-order valence-electron chi connectivity index (χ4n) is 1.72. The van der Waals surface area contributed by atoms with Gasteiger partial charge in [0, 0.05) is 26.7 Å². The molecule has 0 aliphatic rings. The summed E-state index contributed by atoms with van der Waals surface area (Å²) in [7, 11) is 5.00. The number of anilines is 2. The van der Waals surface area contributed by atoms with Gasteiger partial charge in [-0.1, -0.05) is 18.2 Å². The molecule has 0 atom stereocenters. The van der Waals surface area contributed by atoms with Crippen molar-refractivity contribution >= 4 is 11.9 Å². The van der Waals surface area contributed by atoms with E-state index >= 15 is 0 Å². The lowest BCUT2D eigenvalue weighted by atomic mass is 10.1. The number of halogens is 3. The first-order valence-electron chi connectivity index (χ1n) is 6.10. The maximum atomic E-state index is 13.1. The molecule has 0 radical (unpaired) electrons. The monoisotopic (exact) mass is 297 g/mol. The largest absolute Gasteiger partial charge is 0.417 e. The van der Waals surface area contributed by atoms with Gasteiger partial charge in [0.15, 0.2) is 5.82 Å². The Morgan fingerprint density at radius 1 is 1.05 bits per heavy atom. The van der Waals surface area contributed by atoms with E-state index in [-0.39, 0.29) is 23.3 Å². The third kappa shape index (κ3) is 3.21. The number of hydrogen-bond donors (Lipinski definition) is 1. The summed E-state index contributed by atoms with van der Waals surface area (Å²) in [5.74, 6) is 0.466. The molecule has 21 heavy (non-hydrogen) atoms. The summed E-state index contributed by atoms with van der Waals surface area (Å²) in [6.45, 7) is 0. The number of nitrogens with one attached hydrogen (secondary N) is 1. The number of nitrogens with zero attached hydrogens (tertiary/aromatic N) is 4. The maximum absolute atomic E-state index is 13.1. The Hall–Kier alpha value is -2.38. The molecule has 0 unspecified atom stereocenters. The van der Waals surface area contributed by atoms with Crippen molar-refractivity contribution in [3.63, 3.8) is 0 Å². The third-order valence-electron chi connectivity index (χ3n) is 2.72. The zero-order chi connectivity index (χ0) is 15.6. The van der Waals surface area contributed by atoms with Crippen LogP contribution in [0.25, 0.3) is 11.4 Å². The molecule has 0 aliphatic heterocycles. The SMILES string of the molecule is CNc1nc(-c2ccccc2C(F)(F)F)nc(N(C)C)n1. The first-order chi connectivity index (χ1) is 9.82. The van der Waals surface area contributed by atoms with Gasteiger partial charge in [0.1, 0.15) is 0 Å². The van der Waals surface area contributed by atoms with Crippen LogP contribution in [0.15, 0.2) is 24.3 Å². The molecule has 0 amide bonds. The first kappa shape index (κ1) is 15.0. The van der Waals surface area contributed by atoms with Crippen LogP contribution in [-0.4, -0.2) is 36.1 Å². The van der Waals surface area contributed by atoms with Gasteiger partial charge in [0.25, 0.3) is 0 Å². The van der Waals surface area contributed by atoms with E-state index in [0.717, 1.165) is 6.07 Å². The first-order valence-corrected chi connectivity index (χ1v) is 6.10. The second kappa shape index (κ2) is 5.55. The molecule has 8 heteroatoms. The van der Waals surface area contributed by atoms with Gasteiger partial charge in [-0.05, 0) is 6.07 Å². The molecule has 0 fully saturated rings. The third-order valence-corrected chi connectivity index (χ3v) is 2.72. The quantitative estimate of drug-likeness (QED) is 0.944. The van der Waals surface area contributed by atoms with Gasteiger partial charge < -0.3 is 10.2 Å². The van der Waals surface area contributed by atoms with E-state index in [4.69, 9.17) is 0 Å². The van der Waals surface area contributed by atoms with Gasteiger partial charge in [-0.15, -0.1) is 0 Å². The minimum atomic E-state index is -4.47. The van der Waals surface area contributed by atoms with Gasteiger partial charge in [0.2, 0.25) is 11.9 Å². The van der Waals surface area contributed by atoms with Crippen LogP contribution in [0.4, 0.5) is 25.1 Å².